The number of halogens is 1. The molecule has 1 amide bonds. The Bertz CT molecular complexity index is 777. The van der Waals surface area contributed by atoms with Crippen molar-refractivity contribution in [2.45, 2.75) is 13.3 Å². The van der Waals surface area contributed by atoms with Gasteiger partial charge in [-0.15, -0.1) is 11.3 Å². The lowest BCUT2D eigenvalue weighted by Crippen LogP contribution is -2.45. The molecule has 1 saturated heterocycles. The van der Waals surface area contributed by atoms with E-state index in [-0.39, 0.29) is 29.9 Å². The number of hydrogen-bond acceptors (Lipinski definition) is 4. The largest absolute Gasteiger partial charge is 0.481 e. The van der Waals surface area contributed by atoms with Crippen molar-refractivity contribution in [3.8, 4) is 10.6 Å². The molecule has 126 valence electrons. The molecular weight excluding hydrogens is 331 g/mol. The Balaban J connectivity index is 1.81. The lowest BCUT2D eigenvalue weighted by atomic mass is 9.90. The quantitative estimate of drug-likeness (QED) is 0.925. The van der Waals surface area contributed by atoms with Gasteiger partial charge in [-0.05, 0) is 24.5 Å². The number of amides is 1. The molecule has 24 heavy (non-hydrogen) atoms. The minimum Gasteiger partial charge on any atom is -0.481 e. The number of nitrogens with zero attached hydrogens (tertiary/aromatic N) is 2. The summed E-state index contributed by atoms with van der Waals surface area (Å²) in [6.07, 6.45) is 0.566. The van der Waals surface area contributed by atoms with Crippen molar-refractivity contribution in [1.29, 1.82) is 0 Å². The van der Waals surface area contributed by atoms with Gasteiger partial charge in [-0.25, -0.2) is 9.37 Å². The van der Waals surface area contributed by atoms with Crippen LogP contribution in [0.5, 0.6) is 0 Å². The molecule has 2 atom stereocenters. The Kier molecular flexibility index (Phi) is 4.62. The van der Waals surface area contributed by atoms with Crippen molar-refractivity contribution in [3.63, 3.8) is 0 Å². The monoisotopic (exact) mass is 348 g/mol. The van der Waals surface area contributed by atoms with E-state index in [9.17, 15) is 19.1 Å². The van der Waals surface area contributed by atoms with Crippen LogP contribution in [-0.2, 0) is 4.79 Å². The number of likely N-dealkylation sites (tertiary alicyclic amines) is 1. The molecule has 0 saturated carbocycles. The molecule has 1 aliphatic heterocycles. The van der Waals surface area contributed by atoms with E-state index in [4.69, 9.17) is 0 Å². The summed E-state index contributed by atoms with van der Waals surface area (Å²) in [5, 5.41) is 11.3. The van der Waals surface area contributed by atoms with Gasteiger partial charge in [0.1, 0.15) is 16.5 Å². The number of rotatable bonds is 3. The summed E-state index contributed by atoms with van der Waals surface area (Å²) < 4.78 is 13.8. The molecule has 2 heterocycles. The van der Waals surface area contributed by atoms with Crippen LogP contribution in [0.25, 0.3) is 10.6 Å². The zero-order valence-corrected chi connectivity index (χ0v) is 13.9. The summed E-state index contributed by atoms with van der Waals surface area (Å²) >= 11 is 1.20. The second-order valence-electron chi connectivity index (χ2n) is 6.10. The standard InChI is InChI=1S/C17H17FN2O3S/c1-10-6-11(17(22)23)8-20(7-10)16(21)14-9-24-15(19-14)12-4-2-3-5-13(12)18/h2-5,9-11H,6-8H2,1H3,(H,22,23). The minimum absolute atomic E-state index is 0.119. The molecule has 3 rings (SSSR count). The predicted molar refractivity (Wildman–Crippen MR) is 88.3 cm³/mol. The lowest BCUT2D eigenvalue weighted by Gasteiger charge is -2.34. The average Bonchev–Trinajstić information content (AvgIpc) is 3.03. The highest BCUT2D eigenvalue weighted by atomic mass is 32.1. The van der Waals surface area contributed by atoms with E-state index >= 15 is 0 Å². The highest BCUT2D eigenvalue weighted by molar-refractivity contribution is 7.13. The molecule has 7 heteroatoms. The molecule has 1 aromatic heterocycles. The van der Waals surface area contributed by atoms with Gasteiger partial charge in [0.05, 0.1) is 5.92 Å². The smallest absolute Gasteiger partial charge is 0.308 e. The van der Waals surface area contributed by atoms with E-state index in [2.05, 4.69) is 4.98 Å². The minimum atomic E-state index is -0.885. The summed E-state index contributed by atoms with van der Waals surface area (Å²) in [6.45, 7) is 2.63. The third kappa shape index (κ3) is 3.31. The first-order valence-corrected chi connectivity index (χ1v) is 8.56. The van der Waals surface area contributed by atoms with Gasteiger partial charge in [0.2, 0.25) is 0 Å². The van der Waals surface area contributed by atoms with Crippen LogP contribution in [0.3, 0.4) is 0 Å². The summed E-state index contributed by atoms with van der Waals surface area (Å²) in [5.74, 6) is -2.00. The summed E-state index contributed by atoms with van der Waals surface area (Å²) in [6, 6.07) is 6.28. The summed E-state index contributed by atoms with van der Waals surface area (Å²) in [5.41, 5.74) is 0.591. The molecule has 0 radical (unpaired) electrons. The summed E-state index contributed by atoms with van der Waals surface area (Å²) in [7, 11) is 0. The van der Waals surface area contributed by atoms with Crippen LogP contribution in [0.15, 0.2) is 29.6 Å². The number of piperidine rings is 1. The van der Waals surface area contributed by atoms with Gasteiger partial charge in [-0.3, -0.25) is 9.59 Å². The van der Waals surface area contributed by atoms with Crippen LogP contribution in [0.1, 0.15) is 23.8 Å². The van der Waals surface area contributed by atoms with Crippen LogP contribution in [-0.4, -0.2) is 40.0 Å². The maximum Gasteiger partial charge on any atom is 0.308 e. The molecule has 0 bridgehead atoms. The normalized spacial score (nSPS) is 20.8. The molecule has 1 N–H and O–H groups in total. The number of thiazole rings is 1. The Morgan fingerprint density at radius 1 is 1.33 bits per heavy atom. The molecule has 0 spiro atoms. The zero-order valence-electron chi connectivity index (χ0n) is 13.1. The van der Waals surface area contributed by atoms with E-state index in [0.29, 0.717) is 23.5 Å². The lowest BCUT2D eigenvalue weighted by molar-refractivity contribution is -0.143. The van der Waals surface area contributed by atoms with E-state index in [0.717, 1.165) is 0 Å². The molecule has 1 aliphatic rings. The highest BCUT2D eigenvalue weighted by Crippen LogP contribution is 2.28. The van der Waals surface area contributed by atoms with Crippen LogP contribution in [0, 0.1) is 17.7 Å². The fourth-order valence-electron chi connectivity index (χ4n) is 2.99. The highest BCUT2D eigenvalue weighted by Gasteiger charge is 2.33. The summed E-state index contributed by atoms with van der Waals surface area (Å²) in [4.78, 5) is 29.7. The topological polar surface area (TPSA) is 70.5 Å². The van der Waals surface area contributed by atoms with E-state index in [1.54, 1.807) is 23.6 Å². The zero-order chi connectivity index (χ0) is 17.3. The second kappa shape index (κ2) is 6.68. The molecule has 2 aromatic rings. The maximum atomic E-state index is 13.8. The van der Waals surface area contributed by atoms with Crippen LogP contribution in [0.4, 0.5) is 4.39 Å². The molecule has 0 aliphatic carbocycles. The predicted octanol–water partition coefficient (Wildman–Crippen LogP) is 3.13. The van der Waals surface area contributed by atoms with E-state index < -0.39 is 11.9 Å². The van der Waals surface area contributed by atoms with Crippen molar-refractivity contribution in [2.75, 3.05) is 13.1 Å². The fourth-order valence-corrected chi connectivity index (χ4v) is 3.81. The first-order chi connectivity index (χ1) is 11.5. The van der Waals surface area contributed by atoms with Crippen molar-refractivity contribution >= 4 is 23.2 Å². The average molecular weight is 348 g/mol. The van der Waals surface area contributed by atoms with Gasteiger partial charge < -0.3 is 10.0 Å². The maximum absolute atomic E-state index is 13.8. The van der Waals surface area contributed by atoms with Gasteiger partial charge in [0.25, 0.3) is 5.91 Å². The van der Waals surface area contributed by atoms with Crippen molar-refractivity contribution in [3.05, 3.63) is 41.2 Å². The van der Waals surface area contributed by atoms with E-state index in [1.165, 1.54) is 22.3 Å². The number of carboxylic acid groups (broad SMARTS) is 1. The fraction of sp³-hybridized carbons (Fsp3) is 0.353. The number of carbonyl (C=O) groups is 2. The molecule has 5 nitrogen and oxygen atoms in total. The van der Waals surface area contributed by atoms with Gasteiger partial charge >= 0.3 is 5.97 Å². The third-order valence-electron chi connectivity index (χ3n) is 4.12. The second-order valence-corrected chi connectivity index (χ2v) is 6.96. The van der Waals surface area contributed by atoms with Crippen LogP contribution in [0.2, 0.25) is 0 Å². The Labute approximate surface area is 142 Å². The number of carboxylic acids is 1. The molecular formula is C17H17FN2O3S. The number of aliphatic carboxylic acids is 1. The Morgan fingerprint density at radius 3 is 2.79 bits per heavy atom. The van der Waals surface area contributed by atoms with Gasteiger partial charge in [0, 0.05) is 24.0 Å². The molecule has 1 fully saturated rings. The number of hydrogen-bond donors (Lipinski definition) is 1. The van der Waals surface area contributed by atoms with Gasteiger partial charge in [-0.2, -0.15) is 0 Å². The molecule has 2 unspecified atom stereocenters. The number of aromatic nitrogens is 1. The Hall–Kier alpha value is -2.28. The number of benzene rings is 1. The third-order valence-corrected chi connectivity index (χ3v) is 5.00. The van der Waals surface area contributed by atoms with Crippen molar-refractivity contribution in [1.82, 2.24) is 9.88 Å². The van der Waals surface area contributed by atoms with E-state index in [1.807, 2.05) is 6.92 Å². The van der Waals surface area contributed by atoms with Crippen molar-refractivity contribution < 1.29 is 19.1 Å². The van der Waals surface area contributed by atoms with Crippen molar-refractivity contribution in [2.24, 2.45) is 11.8 Å². The van der Waals surface area contributed by atoms with Gasteiger partial charge in [0.15, 0.2) is 0 Å². The van der Waals surface area contributed by atoms with Crippen LogP contribution < -0.4 is 0 Å². The molecule has 1 aromatic carbocycles. The first-order valence-electron chi connectivity index (χ1n) is 7.68. The first kappa shape index (κ1) is 16.6. The SMILES string of the molecule is CC1CC(C(=O)O)CN(C(=O)c2csc(-c3ccccc3F)n2)C1. The number of carbonyl (C=O) groups excluding carboxylic acids is 1. The van der Waals surface area contributed by atoms with Crippen LogP contribution >= 0.6 is 11.3 Å². The Morgan fingerprint density at radius 2 is 2.08 bits per heavy atom. The van der Waals surface area contributed by atoms with Gasteiger partial charge in [-0.1, -0.05) is 19.1 Å².